The summed E-state index contributed by atoms with van der Waals surface area (Å²) in [7, 11) is 5.34. The van der Waals surface area contributed by atoms with Crippen molar-refractivity contribution in [1.82, 2.24) is 14.7 Å². The van der Waals surface area contributed by atoms with Gasteiger partial charge in [0.15, 0.2) is 24.5 Å². The first-order valence-electron chi connectivity index (χ1n) is 18.8. The molecule has 3 saturated heterocycles. The van der Waals surface area contributed by atoms with Crippen LogP contribution in [-0.4, -0.2) is 170 Å². The molecule has 7 rings (SSSR count). The van der Waals surface area contributed by atoms with E-state index >= 15 is 0 Å². The SMILES string of the molecule is CO.COc1cccc2c1C(=N)c1c(O)c3c(c(O)c1C2=O)CC(C(=O)COC(=O)N(C)CCN(C)C(=O)CO)C[C@@H]3OC1C[C@H]2[C@H](OC3COCCN32)[C@H](C)O1. The number of nitrogens with zero attached hydrogens (tertiary/aromatic N) is 3. The van der Waals surface area contributed by atoms with Gasteiger partial charge in [0.2, 0.25) is 5.91 Å². The Morgan fingerprint density at radius 2 is 1.75 bits per heavy atom. The molecule has 18 nitrogen and oxygen atoms in total. The average Bonchev–Trinajstić information content (AvgIpc) is 3.61. The first-order valence-corrected chi connectivity index (χ1v) is 18.8. The molecule has 310 valence electrons. The lowest BCUT2D eigenvalue weighted by Crippen LogP contribution is -2.52. The summed E-state index contributed by atoms with van der Waals surface area (Å²) in [6.07, 6.45) is -3.23. The fourth-order valence-corrected chi connectivity index (χ4v) is 8.38. The van der Waals surface area contributed by atoms with Crippen molar-refractivity contribution in [3.63, 3.8) is 0 Å². The van der Waals surface area contributed by atoms with Gasteiger partial charge in [-0.05, 0) is 25.8 Å². The maximum atomic E-state index is 14.0. The number of aliphatic hydroxyl groups excluding tert-OH is 2. The second-order valence-electron chi connectivity index (χ2n) is 14.5. The molecule has 0 aromatic heterocycles. The van der Waals surface area contributed by atoms with Crippen molar-refractivity contribution in [2.24, 2.45) is 5.92 Å². The molecular formula is C39H50N4O14. The number of aliphatic hydroxyl groups is 2. The third-order valence-electron chi connectivity index (χ3n) is 11.3. The number of morpholine rings is 1. The predicted molar refractivity (Wildman–Crippen MR) is 199 cm³/mol. The number of amides is 2. The molecule has 0 radical (unpaired) electrons. The van der Waals surface area contributed by atoms with Gasteiger partial charge in [0.05, 0.1) is 54.9 Å². The van der Waals surface area contributed by atoms with Crippen molar-refractivity contribution in [3.05, 3.63) is 51.6 Å². The number of methoxy groups -OCH3 is 1. The highest BCUT2D eigenvalue weighted by Crippen LogP contribution is 2.52. The molecule has 0 bridgehead atoms. The van der Waals surface area contributed by atoms with Crippen LogP contribution in [0.25, 0.3) is 0 Å². The van der Waals surface area contributed by atoms with E-state index in [0.717, 1.165) is 7.11 Å². The third-order valence-corrected chi connectivity index (χ3v) is 11.3. The monoisotopic (exact) mass is 798 g/mol. The molecule has 0 saturated carbocycles. The quantitative estimate of drug-likeness (QED) is 0.180. The lowest BCUT2D eigenvalue weighted by molar-refractivity contribution is -0.243. The van der Waals surface area contributed by atoms with Crippen LogP contribution in [-0.2, 0) is 39.7 Å². The van der Waals surface area contributed by atoms with E-state index in [4.69, 9.17) is 44.0 Å². The van der Waals surface area contributed by atoms with Crippen LogP contribution in [0.5, 0.6) is 17.2 Å². The van der Waals surface area contributed by atoms with Crippen molar-refractivity contribution >= 4 is 29.3 Å². The number of rotatable bonds is 10. The van der Waals surface area contributed by atoms with Crippen molar-refractivity contribution in [1.29, 1.82) is 5.41 Å². The molecule has 3 heterocycles. The zero-order valence-electron chi connectivity index (χ0n) is 32.6. The van der Waals surface area contributed by atoms with Crippen LogP contribution in [0.3, 0.4) is 0 Å². The Bertz CT molecular complexity index is 1900. The molecule has 2 aromatic rings. The van der Waals surface area contributed by atoms with Crippen molar-refractivity contribution in [2.45, 2.75) is 63.1 Å². The Morgan fingerprint density at radius 3 is 2.47 bits per heavy atom. The molecule has 3 aliphatic heterocycles. The molecule has 2 aromatic carbocycles. The summed E-state index contributed by atoms with van der Waals surface area (Å²) in [5.74, 6) is -3.16. The Balaban J connectivity index is 0.00000270. The van der Waals surface area contributed by atoms with Crippen LogP contribution >= 0.6 is 0 Å². The molecular weight excluding hydrogens is 748 g/mol. The van der Waals surface area contributed by atoms with Gasteiger partial charge in [-0.3, -0.25) is 24.7 Å². The van der Waals surface area contributed by atoms with E-state index in [1.165, 1.54) is 37.1 Å². The number of phenols is 2. The Morgan fingerprint density at radius 1 is 1.02 bits per heavy atom. The van der Waals surface area contributed by atoms with Crippen LogP contribution in [0.1, 0.15) is 64.0 Å². The van der Waals surface area contributed by atoms with Crippen molar-refractivity contribution in [3.8, 4) is 17.2 Å². The Labute approximate surface area is 329 Å². The summed E-state index contributed by atoms with van der Waals surface area (Å²) in [4.78, 5) is 56.9. The number of phenolic OH excluding ortho intramolecular Hbond substituents is 2. The minimum atomic E-state index is -1.05. The van der Waals surface area contributed by atoms with Crippen molar-refractivity contribution in [2.75, 3.05) is 74.4 Å². The summed E-state index contributed by atoms with van der Waals surface area (Å²) in [5, 5.41) is 49.1. The molecule has 3 unspecified atom stereocenters. The van der Waals surface area contributed by atoms with Gasteiger partial charge in [0.25, 0.3) is 0 Å². The fraction of sp³-hybridized carbons (Fsp3) is 0.564. The van der Waals surface area contributed by atoms with Crippen LogP contribution in [0.15, 0.2) is 18.2 Å². The highest BCUT2D eigenvalue weighted by atomic mass is 16.7. The maximum absolute atomic E-state index is 14.0. The number of likely N-dealkylation sites (N-methyl/N-ethyl adjacent to an activating group) is 2. The second-order valence-corrected chi connectivity index (χ2v) is 14.5. The predicted octanol–water partition coefficient (Wildman–Crippen LogP) is 0.944. The maximum Gasteiger partial charge on any atom is 0.409 e. The van der Waals surface area contributed by atoms with Gasteiger partial charge in [-0.15, -0.1) is 0 Å². The first-order chi connectivity index (χ1) is 27.3. The third kappa shape index (κ3) is 7.82. The molecule has 3 fully saturated rings. The molecule has 7 atom stereocenters. The molecule has 5 aliphatic rings. The summed E-state index contributed by atoms with van der Waals surface area (Å²) in [6.45, 7) is 2.46. The lowest BCUT2D eigenvalue weighted by atomic mass is 9.73. The number of nitrogens with one attached hydrogen (secondary N) is 1. The van der Waals surface area contributed by atoms with Crippen LogP contribution < -0.4 is 4.74 Å². The number of Topliss-reactive ketones (excluding diaryl/α,β-unsaturated/α-hetero) is 1. The van der Waals surface area contributed by atoms with E-state index in [2.05, 4.69) is 4.90 Å². The van der Waals surface area contributed by atoms with Crippen molar-refractivity contribution < 1.29 is 68.0 Å². The average molecular weight is 799 g/mol. The minimum absolute atomic E-state index is 0.000715. The van der Waals surface area contributed by atoms with E-state index in [1.807, 2.05) is 6.92 Å². The number of carbonyl (C=O) groups excluding carboxylic acids is 4. The van der Waals surface area contributed by atoms with Gasteiger partial charge >= 0.3 is 6.09 Å². The first kappa shape index (κ1) is 41.9. The number of benzene rings is 2. The molecule has 18 heteroatoms. The number of fused-ring (bicyclic) bond motifs is 6. The van der Waals surface area contributed by atoms with Gasteiger partial charge in [-0.25, -0.2) is 4.79 Å². The minimum Gasteiger partial charge on any atom is -0.507 e. The fourth-order valence-electron chi connectivity index (χ4n) is 8.38. The Hall–Kier alpha value is -4.69. The molecule has 57 heavy (non-hydrogen) atoms. The zero-order valence-corrected chi connectivity index (χ0v) is 32.6. The topological polar surface area (TPSA) is 238 Å². The number of hydrogen-bond donors (Lipinski definition) is 5. The number of ether oxygens (including phenoxy) is 6. The summed E-state index contributed by atoms with van der Waals surface area (Å²) in [6, 6.07) is 4.66. The zero-order chi connectivity index (χ0) is 41.3. The number of carbonyl (C=O) groups is 4. The number of ketones is 2. The van der Waals surface area contributed by atoms with Crippen LogP contribution in [0.4, 0.5) is 4.79 Å². The van der Waals surface area contributed by atoms with E-state index in [0.29, 0.717) is 26.2 Å². The second kappa shape index (κ2) is 17.4. The normalized spacial score (nSPS) is 26.1. The van der Waals surface area contributed by atoms with Gasteiger partial charge in [0, 0.05) is 75.9 Å². The highest BCUT2D eigenvalue weighted by Gasteiger charge is 2.51. The van der Waals surface area contributed by atoms with E-state index in [-0.39, 0.29) is 95.3 Å². The molecule has 2 amide bonds. The van der Waals surface area contributed by atoms with E-state index in [1.54, 1.807) is 12.1 Å². The number of hydrogen-bond acceptors (Lipinski definition) is 16. The van der Waals surface area contributed by atoms with Crippen LogP contribution in [0, 0.1) is 11.3 Å². The standard InChI is InChI=1S/C38H46N4O13.CH4O/c1-18-37-22(42-10-11-51-17-27(42)55-37)14-28(53-18)54-25-13-19(23(44)16-52-38(49)41(3)9-8-40(2)26(45)15-43)12-21-30(25)36(48)31-32(35(21)47)34(46)20-6-5-7-24(50-4)29(20)33(31)39;1-2/h5-7,18-19,22,25,27-28,37,39,43,47-48H,8-17H2,1-4H3;2H,1H3/t18-,19?,22-,25-,27?,28?,37+;/m0./s1. The van der Waals surface area contributed by atoms with Gasteiger partial charge in [-0.1, -0.05) is 12.1 Å². The van der Waals surface area contributed by atoms with E-state index in [9.17, 15) is 29.4 Å². The highest BCUT2D eigenvalue weighted by molar-refractivity contribution is 6.32. The number of aromatic hydroxyl groups is 2. The summed E-state index contributed by atoms with van der Waals surface area (Å²) < 4.78 is 35.6. The van der Waals surface area contributed by atoms with Gasteiger partial charge < -0.3 is 58.6 Å². The molecule has 2 aliphatic carbocycles. The summed E-state index contributed by atoms with van der Waals surface area (Å²) >= 11 is 0. The van der Waals surface area contributed by atoms with E-state index < -0.39 is 66.6 Å². The molecule has 5 N–H and O–H groups in total. The largest absolute Gasteiger partial charge is 0.507 e. The smallest absolute Gasteiger partial charge is 0.409 e. The van der Waals surface area contributed by atoms with Gasteiger partial charge in [0.1, 0.15) is 36.2 Å². The molecule has 0 spiro atoms. The lowest BCUT2D eigenvalue weighted by Gasteiger charge is -2.41. The Kier molecular flexibility index (Phi) is 12.8. The van der Waals surface area contributed by atoms with Gasteiger partial charge in [-0.2, -0.15) is 0 Å². The van der Waals surface area contributed by atoms with Crippen LogP contribution in [0.2, 0.25) is 0 Å². The summed E-state index contributed by atoms with van der Waals surface area (Å²) in [5.41, 5.74) is -0.114.